The van der Waals surface area contributed by atoms with Crippen molar-refractivity contribution in [3.05, 3.63) is 48.8 Å². The zero-order valence-electron chi connectivity index (χ0n) is 10.2. The maximum atomic E-state index is 12.9. The molecule has 2 rings (SSSR count). The van der Waals surface area contributed by atoms with Gasteiger partial charge in [0.05, 0.1) is 35.7 Å². The molecule has 0 amide bonds. The van der Waals surface area contributed by atoms with Crippen molar-refractivity contribution >= 4 is 17.5 Å². The Bertz CT molecular complexity index is 525. The first kappa shape index (κ1) is 14.2. The normalized spacial score (nSPS) is 9.33. The van der Waals surface area contributed by atoms with Crippen LogP contribution in [0.25, 0.3) is 5.69 Å². The molecule has 0 saturated heterocycles. The van der Waals surface area contributed by atoms with Crippen LogP contribution in [0.5, 0.6) is 0 Å². The number of halogens is 2. The van der Waals surface area contributed by atoms with Crippen LogP contribution in [-0.4, -0.2) is 14.8 Å². The Hall–Kier alpha value is -1.88. The molecule has 0 radical (unpaired) electrons. The van der Waals surface area contributed by atoms with Crippen LogP contribution in [0.15, 0.2) is 37.3 Å². The molecular weight excluding hydrogens is 255 g/mol. The number of pyridine rings is 1. The third-order valence-electron chi connectivity index (χ3n) is 1.96. The second kappa shape index (κ2) is 6.76. The number of aryl methyl sites for hydroxylation is 1. The third-order valence-corrected chi connectivity index (χ3v) is 2.16. The number of nitrogens with zero attached hydrogens (tertiary/aromatic N) is 3. The quantitative estimate of drug-likeness (QED) is 0.670. The highest BCUT2D eigenvalue weighted by molar-refractivity contribution is 6.24. The Morgan fingerprint density at radius 1 is 1.50 bits per heavy atom. The van der Waals surface area contributed by atoms with Crippen molar-refractivity contribution in [2.75, 3.05) is 4.84 Å². The Morgan fingerprint density at radius 3 is 2.67 bits per heavy atom. The summed E-state index contributed by atoms with van der Waals surface area (Å²) in [5, 5.41) is 4.16. The van der Waals surface area contributed by atoms with Crippen LogP contribution in [0.2, 0.25) is 0 Å². The lowest BCUT2D eigenvalue weighted by Gasteiger charge is -1.99. The van der Waals surface area contributed by atoms with E-state index in [1.807, 2.05) is 6.92 Å². The minimum Gasteiger partial charge on any atom is -0.295 e. The molecule has 0 saturated carbocycles. The van der Waals surface area contributed by atoms with E-state index in [2.05, 4.69) is 21.5 Å². The summed E-state index contributed by atoms with van der Waals surface area (Å²) in [6, 6.07) is 1.34. The second-order valence-electron chi connectivity index (χ2n) is 3.44. The van der Waals surface area contributed by atoms with Crippen molar-refractivity contribution in [2.45, 2.75) is 13.8 Å². The number of aromatic nitrogens is 3. The van der Waals surface area contributed by atoms with Gasteiger partial charge in [0.15, 0.2) is 0 Å². The van der Waals surface area contributed by atoms with Crippen molar-refractivity contribution in [3.63, 3.8) is 0 Å². The van der Waals surface area contributed by atoms with E-state index in [0.717, 1.165) is 11.9 Å². The van der Waals surface area contributed by atoms with Gasteiger partial charge in [0.2, 0.25) is 0 Å². The van der Waals surface area contributed by atoms with Gasteiger partial charge < -0.3 is 0 Å². The third kappa shape index (κ3) is 3.56. The molecule has 0 unspecified atom stereocenters. The minimum atomic E-state index is -0.402. The van der Waals surface area contributed by atoms with E-state index >= 15 is 0 Å². The monoisotopic (exact) mass is 268 g/mol. The first-order valence-electron chi connectivity index (χ1n) is 5.23. The standard InChI is InChI=1S/C9H8ClFN4.C3H6/c1-6-9(13-10)5-15(14-6)8-2-7(11)3-12-4-8;1-3-2/h2-5,13H,1H3;3H,1H2,2H3. The van der Waals surface area contributed by atoms with Crippen LogP contribution in [0.3, 0.4) is 0 Å². The van der Waals surface area contributed by atoms with E-state index in [-0.39, 0.29) is 0 Å². The highest BCUT2D eigenvalue weighted by Crippen LogP contribution is 2.16. The van der Waals surface area contributed by atoms with E-state index < -0.39 is 5.82 Å². The molecule has 4 nitrogen and oxygen atoms in total. The molecule has 18 heavy (non-hydrogen) atoms. The molecule has 2 aromatic heterocycles. The Morgan fingerprint density at radius 2 is 2.17 bits per heavy atom. The zero-order chi connectivity index (χ0) is 13.5. The highest BCUT2D eigenvalue weighted by atomic mass is 35.5. The largest absolute Gasteiger partial charge is 0.295 e. The van der Waals surface area contributed by atoms with Gasteiger partial charge >= 0.3 is 0 Å². The maximum Gasteiger partial charge on any atom is 0.143 e. The maximum absolute atomic E-state index is 12.9. The van der Waals surface area contributed by atoms with Gasteiger partial charge in [-0.1, -0.05) is 6.08 Å². The lowest BCUT2D eigenvalue weighted by Crippen LogP contribution is -1.96. The average molecular weight is 269 g/mol. The molecule has 0 spiro atoms. The molecule has 96 valence electrons. The smallest absolute Gasteiger partial charge is 0.143 e. The Labute approximate surface area is 110 Å². The zero-order valence-corrected chi connectivity index (χ0v) is 10.9. The van der Waals surface area contributed by atoms with Crippen molar-refractivity contribution in [1.82, 2.24) is 14.8 Å². The fourth-order valence-electron chi connectivity index (χ4n) is 1.21. The second-order valence-corrected chi connectivity index (χ2v) is 3.63. The van der Waals surface area contributed by atoms with E-state index in [0.29, 0.717) is 11.4 Å². The van der Waals surface area contributed by atoms with Gasteiger partial charge in [-0.2, -0.15) is 5.10 Å². The summed E-state index contributed by atoms with van der Waals surface area (Å²) in [5.74, 6) is -0.402. The first-order chi connectivity index (χ1) is 8.62. The van der Waals surface area contributed by atoms with E-state index in [1.165, 1.54) is 16.9 Å². The van der Waals surface area contributed by atoms with Crippen LogP contribution in [-0.2, 0) is 0 Å². The summed E-state index contributed by atoms with van der Waals surface area (Å²) in [5.41, 5.74) is 1.96. The predicted octanol–water partition coefficient (Wildman–Crippen LogP) is 3.47. The number of rotatable bonds is 2. The Balaban J connectivity index is 0.000000492. The molecule has 0 aromatic carbocycles. The molecule has 0 aliphatic carbocycles. The topological polar surface area (TPSA) is 42.7 Å². The summed E-state index contributed by atoms with van der Waals surface area (Å²) in [7, 11) is 0. The summed E-state index contributed by atoms with van der Waals surface area (Å²) in [6.07, 6.45) is 6.08. The van der Waals surface area contributed by atoms with Crippen LogP contribution in [0.1, 0.15) is 12.6 Å². The molecule has 0 bridgehead atoms. The summed E-state index contributed by atoms with van der Waals surface area (Å²) < 4.78 is 14.4. The first-order valence-corrected chi connectivity index (χ1v) is 5.61. The average Bonchev–Trinajstić information content (AvgIpc) is 2.72. The fraction of sp³-hybridized carbons (Fsp3) is 0.167. The van der Waals surface area contributed by atoms with Crippen molar-refractivity contribution in [3.8, 4) is 5.69 Å². The summed E-state index contributed by atoms with van der Waals surface area (Å²) >= 11 is 5.47. The molecule has 0 aliphatic rings. The van der Waals surface area contributed by atoms with E-state index in [9.17, 15) is 4.39 Å². The molecule has 0 aliphatic heterocycles. The van der Waals surface area contributed by atoms with Gasteiger partial charge in [0.1, 0.15) is 5.82 Å². The van der Waals surface area contributed by atoms with Crippen LogP contribution >= 0.6 is 11.8 Å². The molecule has 2 aromatic rings. The van der Waals surface area contributed by atoms with Gasteiger partial charge in [-0.05, 0) is 13.8 Å². The van der Waals surface area contributed by atoms with Crippen molar-refractivity contribution in [2.24, 2.45) is 0 Å². The van der Waals surface area contributed by atoms with Crippen LogP contribution in [0.4, 0.5) is 10.1 Å². The van der Waals surface area contributed by atoms with E-state index in [1.54, 1.807) is 19.2 Å². The lowest BCUT2D eigenvalue weighted by atomic mass is 10.4. The number of hydrogen-bond donors (Lipinski definition) is 1. The van der Waals surface area contributed by atoms with Gasteiger partial charge in [0.25, 0.3) is 0 Å². The minimum absolute atomic E-state index is 0.402. The van der Waals surface area contributed by atoms with Gasteiger partial charge in [-0.15, -0.1) is 6.58 Å². The molecule has 6 heteroatoms. The Kier molecular flexibility index (Phi) is 5.32. The molecule has 0 fully saturated rings. The van der Waals surface area contributed by atoms with Gasteiger partial charge in [-0.3, -0.25) is 9.82 Å². The van der Waals surface area contributed by atoms with Gasteiger partial charge in [0, 0.05) is 17.8 Å². The molecular formula is C12H14ClFN4. The fourth-order valence-corrected chi connectivity index (χ4v) is 1.40. The van der Waals surface area contributed by atoms with Crippen molar-refractivity contribution in [1.29, 1.82) is 0 Å². The summed E-state index contributed by atoms with van der Waals surface area (Å²) in [6.45, 7) is 7.05. The number of allylic oxidation sites excluding steroid dienone is 1. The summed E-state index contributed by atoms with van der Waals surface area (Å²) in [4.78, 5) is 6.21. The van der Waals surface area contributed by atoms with Gasteiger partial charge in [-0.25, -0.2) is 9.07 Å². The van der Waals surface area contributed by atoms with Crippen molar-refractivity contribution < 1.29 is 4.39 Å². The molecule has 2 heterocycles. The highest BCUT2D eigenvalue weighted by Gasteiger charge is 2.05. The predicted molar refractivity (Wildman–Crippen MR) is 71.4 cm³/mol. The van der Waals surface area contributed by atoms with Crippen LogP contribution < -0.4 is 4.84 Å². The number of anilines is 1. The molecule has 1 N–H and O–H groups in total. The number of hydrogen-bond acceptors (Lipinski definition) is 3. The molecule has 0 atom stereocenters. The SMILES string of the molecule is C=CC.Cc1nn(-c2cncc(F)c2)cc1NCl. The number of nitrogens with one attached hydrogen (secondary N) is 1. The van der Waals surface area contributed by atoms with E-state index in [4.69, 9.17) is 11.8 Å². The van der Waals surface area contributed by atoms with Crippen LogP contribution in [0, 0.1) is 12.7 Å². The lowest BCUT2D eigenvalue weighted by molar-refractivity contribution is 0.618.